The molecule has 2 rings (SSSR count). The second kappa shape index (κ2) is 6.80. The highest BCUT2D eigenvalue weighted by molar-refractivity contribution is 5.92. The van der Waals surface area contributed by atoms with E-state index in [0.29, 0.717) is 6.54 Å². The molecule has 1 aromatic rings. The monoisotopic (exact) mass is 295 g/mol. The first kappa shape index (κ1) is 15.6. The second-order valence-electron chi connectivity index (χ2n) is 5.43. The lowest BCUT2D eigenvalue weighted by molar-refractivity contribution is -0.130. The number of hydrogen-bond acceptors (Lipinski definition) is 2. The molecule has 0 radical (unpaired) electrons. The number of piperidine rings is 1. The Morgan fingerprint density at radius 3 is 2.67 bits per heavy atom. The molecule has 0 aromatic heterocycles. The summed E-state index contributed by atoms with van der Waals surface area (Å²) in [6.45, 7) is 2.45. The van der Waals surface area contributed by atoms with Gasteiger partial charge in [0.1, 0.15) is 11.6 Å². The van der Waals surface area contributed by atoms with Crippen molar-refractivity contribution in [2.24, 2.45) is 5.92 Å². The maximum atomic E-state index is 13.5. The van der Waals surface area contributed by atoms with Crippen LogP contribution in [-0.4, -0.2) is 35.1 Å². The molecular formula is C16H19F2NO2. The average Bonchev–Trinajstić information content (AvgIpc) is 2.47. The number of likely N-dealkylation sites (tertiary alicyclic amines) is 1. The first-order valence-electron chi connectivity index (χ1n) is 7.06. The number of rotatable bonds is 3. The van der Waals surface area contributed by atoms with Crippen LogP contribution in [0.1, 0.15) is 25.3 Å². The van der Waals surface area contributed by atoms with E-state index in [0.717, 1.165) is 25.0 Å². The molecule has 5 heteroatoms. The quantitative estimate of drug-likeness (QED) is 0.871. The normalized spacial score (nSPS) is 22.8. The lowest BCUT2D eigenvalue weighted by Gasteiger charge is -2.36. The van der Waals surface area contributed by atoms with E-state index in [-0.39, 0.29) is 30.0 Å². The summed E-state index contributed by atoms with van der Waals surface area (Å²) in [7, 11) is 0. The van der Waals surface area contributed by atoms with Crippen LogP contribution in [0.4, 0.5) is 8.78 Å². The van der Waals surface area contributed by atoms with Gasteiger partial charge in [0.15, 0.2) is 0 Å². The summed E-state index contributed by atoms with van der Waals surface area (Å²) in [5.74, 6) is -1.61. The van der Waals surface area contributed by atoms with Gasteiger partial charge in [-0.25, -0.2) is 8.78 Å². The van der Waals surface area contributed by atoms with Gasteiger partial charge in [-0.3, -0.25) is 4.79 Å². The van der Waals surface area contributed by atoms with Crippen LogP contribution in [0, 0.1) is 17.6 Å². The molecular weight excluding hydrogens is 276 g/mol. The van der Waals surface area contributed by atoms with E-state index in [1.165, 1.54) is 18.2 Å². The van der Waals surface area contributed by atoms with Crippen LogP contribution in [-0.2, 0) is 4.79 Å². The number of carbonyl (C=O) groups is 1. The van der Waals surface area contributed by atoms with E-state index in [2.05, 4.69) is 0 Å². The number of halogens is 2. The minimum absolute atomic E-state index is 0.0438. The maximum absolute atomic E-state index is 13.5. The van der Waals surface area contributed by atoms with Crippen LogP contribution in [0.2, 0.25) is 0 Å². The minimum Gasteiger partial charge on any atom is -0.396 e. The van der Waals surface area contributed by atoms with E-state index in [9.17, 15) is 18.7 Å². The van der Waals surface area contributed by atoms with Crippen LogP contribution >= 0.6 is 0 Å². The van der Waals surface area contributed by atoms with Gasteiger partial charge in [0.25, 0.3) is 0 Å². The second-order valence-corrected chi connectivity index (χ2v) is 5.43. The first-order chi connectivity index (χ1) is 10.0. The van der Waals surface area contributed by atoms with E-state index < -0.39 is 11.6 Å². The summed E-state index contributed by atoms with van der Waals surface area (Å²) in [5.41, 5.74) is -0.214. The molecule has 0 aliphatic carbocycles. The standard InChI is InChI=1S/C16H19F2NO2/c1-11-5-6-12(10-20)9-19(11)16(21)8-7-13-14(17)3-2-4-15(13)18/h2-4,7-8,11-12,20H,5-6,9-10H2,1H3/b8-7+. The largest absolute Gasteiger partial charge is 0.396 e. The highest BCUT2D eigenvalue weighted by Gasteiger charge is 2.27. The molecule has 1 aliphatic rings. The Labute approximate surface area is 122 Å². The van der Waals surface area contributed by atoms with Crippen molar-refractivity contribution in [3.8, 4) is 0 Å². The predicted octanol–water partition coefficient (Wildman–Crippen LogP) is 2.60. The molecule has 1 N–H and O–H groups in total. The van der Waals surface area contributed by atoms with Gasteiger partial charge in [0.2, 0.25) is 5.91 Å². The first-order valence-corrected chi connectivity index (χ1v) is 7.06. The summed E-state index contributed by atoms with van der Waals surface area (Å²) in [4.78, 5) is 13.8. The predicted molar refractivity (Wildman–Crippen MR) is 76.4 cm³/mol. The van der Waals surface area contributed by atoms with Gasteiger partial charge in [0.05, 0.1) is 0 Å². The summed E-state index contributed by atoms with van der Waals surface area (Å²) >= 11 is 0. The molecule has 1 aromatic carbocycles. The van der Waals surface area contributed by atoms with Crippen LogP contribution < -0.4 is 0 Å². The van der Waals surface area contributed by atoms with Gasteiger partial charge in [-0.1, -0.05) is 6.07 Å². The van der Waals surface area contributed by atoms with Crippen molar-refractivity contribution in [2.45, 2.75) is 25.8 Å². The molecule has 0 spiro atoms. The number of benzene rings is 1. The summed E-state index contributed by atoms with van der Waals surface area (Å²) in [6.07, 6.45) is 4.06. The smallest absolute Gasteiger partial charge is 0.246 e. The Balaban J connectivity index is 2.11. The van der Waals surface area contributed by atoms with E-state index in [1.807, 2.05) is 6.92 Å². The Kier molecular flexibility index (Phi) is 5.07. The van der Waals surface area contributed by atoms with Gasteiger partial charge in [0, 0.05) is 30.8 Å². The van der Waals surface area contributed by atoms with Crippen LogP contribution in [0.25, 0.3) is 6.08 Å². The number of nitrogens with zero attached hydrogens (tertiary/aromatic N) is 1. The van der Waals surface area contributed by atoms with Crippen molar-refractivity contribution < 1.29 is 18.7 Å². The molecule has 1 fully saturated rings. The Hall–Kier alpha value is -1.75. The fourth-order valence-electron chi connectivity index (χ4n) is 2.56. The van der Waals surface area contributed by atoms with E-state index in [4.69, 9.17) is 0 Å². The third-order valence-corrected chi connectivity index (χ3v) is 3.91. The summed E-state index contributed by atoms with van der Waals surface area (Å²) in [5, 5.41) is 9.20. The van der Waals surface area contributed by atoms with Crippen molar-refractivity contribution in [2.75, 3.05) is 13.2 Å². The van der Waals surface area contributed by atoms with Crippen LogP contribution in [0.3, 0.4) is 0 Å². The molecule has 0 saturated carbocycles. The number of carbonyl (C=O) groups excluding carboxylic acids is 1. The fraction of sp³-hybridized carbons (Fsp3) is 0.438. The zero-order chi connectivity index (χ0) is 15.4. The number of amides is 1. The summed E-state index contributed by atoms with van der Waals surface area (Å²) in [6, 6.07) is 3.65. The number of aliphatic hydroxyl groups excluding tert-OH is 1. The van der Waals surface area contributed by atoms with E-state index >= 15 is 0 Å². The lowest BCUT2D eigenvalue weighted by atomic mass is 9.94. The zero-order valence-corrected chi connectivity index (χ0v) is 11.9. The Bertz CT molecular complexity index is 525. The van der Waals surface area contributed by atoms with Crippen molar-refractivity contribution in [3.05, 3.63) is 41.5 Å². The number of hydrogen-bond donors (Lipinski definition) is 1. The lowest BCUT2D eigenvalue weighted by Crippen LogP contribution is -2.45. The third kappa shape index (κ3) is 3.67. The molecule has 1 heterocycles. The fourth-order valence-corrected chi connectivity index (χ4v) is 2.56. The zero-order valence-electron chi connectivity index (χ0n) is 11.9. The average molecular weight is 295 g/mol. The molecule has 21 heavy (non-hydrogen) atoms. The van der Waals surface area contributed by atoms with Crippen LogP contribution in [0.5, 0.6) is 0 Å². The molecule has 114 valence electrons. The minimum atomic E-state index is -0.695. The van der Waals surface area contributed by atoms with Crippen molar-refractivity contribution in [3.63, 3.8) is 0 Å². The highest BCUT2D eigenvalue weighted by Crippen LogP contribution is 2.22. The van der Waals surface area contributed by atoms with E-state index in [1.54, 1.807) is 4.90 Å². The molecule has 2 unspecified atom stereocenters. The molecule has 1 saturated heterocycles. The SMILES string of the molecule is CC1CCC(CO)CN1C(=O)/C=C/c1c(F)cccc1F. The van der Waals surface area contributed by atoms with Crippen molar-refractivity contribution in [1.82, 2.24) is 4.90 Å². The molecule has 3 nitrogen and oxygen atoms in total. The Morgan fingerprint density at radius 2 is 2.05 bits per heavy atom. The maximum Gasteiger partial charge on any atom is 0.246 e. The van der Waals surface area contributed by atoms with Crippen molar-refractivity contribution >= 4 is 12.0 Å². The topological polar surface area (TPSA) is 40.5 Å². The number of aliphatic hydroxyl groups is 1. The molecule has 1 amide bonds. The molecule has 1 aliphatic heterocycles. The van der Waals surface area contributed by atoms with Gasteiger partial charge in [-0.15, -0.1) is 0 Å². The van der Waals surface area contributed by atoms with Gasteiger partial charge in [-0.05, 0) is 43.9 Å². The third-order valence-electron chi connectivity index (χ3n) is 3.91. The van der Waals surface area contributed by atoms with Gasteiger partial charge in [-0.2, -0.15) is 0 Å². The van der Waals surface area contributed by atoms with Gasteiger partial charge < -0.3 is 10.0 Å². The molecule has 0 bridgehead atoms. The molecule has 2 atom stereocenters. The highest BCUT2D eigenvalue weighted by atomic mass is 19.1. The summed E-state index contributed by atoms with van der Waals surface area (Å²) < 4.78 is 27.0. The Morgan fingerprint density at radius 1 is 1.38 bits per heavy atom. The van der Waals surface area contributed by atoms with Crippen LogP contribution in [0.15, 0.2) is 24.3 Å². The van der Waals surface area contributed by atoms with Gasteiger partial charge >= 0.3 is 0 Å². The van der Waals surface area contributed by atoms with Crippen molar-refractivity contribution in [1.29, 1.82) is 0 Å².